The van der Waals surface area contributed by atoms with E-state index in [1.807, 2.05) is 11.8 Å². The fourth-order valence-corrected chi connectivity index (χ4v) is 2.35. The summed E-state index contributed by atoms with van der Waals surface area (Å²) >= 11 is 1.87. The van der Waals surface area contributed by atoms with E-state index < -0.39 is 0 Å². The highest BCUT2D eigenvalue weighted by molar-refractivity contribution is 7.99. The van der Waals surface area contributed by atoms with E-state index in [2.05, 4.69) is 11.4 Å². The average molecular weight is 228 g/mol. The molecule has 4 heteroatoms. The molecule has 0 aromatic rings. The van der Waals surface area contributed by atoms with Crippen LogP contribution in [0.3, 0.4) is 0 Å². The van der Waals surface area contributed by atoms with Crippen LogP contribution < -0.4 is 5.32 Å². The van der Waals surface area contributed by atoms with Gasteiger partial charge in [-0.3, -0.25) is 0 Å². The summed E-state index contributed by atoms with van der Waals surface area (Å²) in [7, 11) is 0. The van der Waals surface area contributed by atoms with Gasteiger partial charge in [-0.2, -0.15) is 17.0 Å². The Kier molecular flexibility index (Phi) is 6.07. The molecule has 0 aromatic heterocycles. The van der Waals surface area contributed by atoms with Crippen LogP contribution in [-0.4, -0.2) is 36.3 Å². The van der Waals surface area contributed by atoms with E-state index in [4.69, 9.17) is 10.4 Å². The highest BCUT2D eigenvalue weighted by Crippen LogP contribution is 2.47. The van der Waals surface area contributed by atoms with Gasteiger partial charge in [0, 0.05) is 31.9 Å². The normalized spacial score (nSPS) is 17.3. The van der Waals surface area contributed by atoms with Gasteiger partial charge in [-0.15, -0.1) is 0 Å². The second kappa shape index (κ2) is 7.10. The average Bonchev–Trinajstić information content (AvgIpc) is 2.98. The molecule has 3 nitrogen and oxygen atoms in total. The molecule has 0 bridgehead atoms. The fraction of sp³-hybridized carbons (Fsp3) is 0.909. The van der Waals surface area contributed by atoms with Gasteiger partial charge in [0.05, 0.1) is 6.07 Å². The zero-order valence-corrected chi connectivity index (χ0v) is 9.98. The van der Waals surface area contributed by atoms with Crippen molar-refractivity contribution in [3.63, 3.8) is 0 Å². The van der Waals surface area contributed by atoms with Gasteiger partial charge in [0.15, 0.2) is 0 Å². The minimum atomic E-state index is 0.297. The van der Waals surface area contributed by atoms with Crippen molar-refractivity contribution in [3.8, 4) is 6.07 Å². The number of nitrogens with zero attached hydrogens (tertiary/aromatic N) is 1. The van der Waals surface area contributed by atoms with Crippen molar-refractivity contribution < 1.29 is 5.11 Å². The van der Waals surface area contributed by atoms with E-state index in [0.717, 1.165) is 31.0 Å². The molecule has 0 aromatic carbocycles. The smallest absolute Gasteiger partial charge is 0.0628 e. The van der Waals surface area contributed by atoms with Gasteiger partial charge >= 0.3 is 0 Å². The van der Waals surface area contributed by atoms with Crippen LogP contribution in [0.4, 0.5) is 0 Å². The highest BCUT2D eigenvalue weighted by atomic mass is 32.2. The molecule has 1 rings (SSSR count). The van der Waals surface area contributed by atoms with Crippen molar-refractivity contribution in [1.82, 2.24) is 5.32 Å². The molecule has 15 heavy (non-hydrogen) atoms. The molecule has 1 aliphatic rings. The zero-order chi connectivity index (χ0) is 11.0. The van der Waals surface area contributed by atoms with Crippen molar-refractivity contribution in [2.24, 2.45) is 5.41 Å². The summed E-state index contributed by atoms with van der Waals surface area (Å²) in [5, 5.41) is 20.6. The summed E-state index contributed by atoms with van der Waals surface area (Å²) in [5.41, 5.74) is 0.324. The molecular formula is C11H20N2OS. The number of hydrogen-bond acceptors (Lipinski definition) is 4. The number of thioether (sulfide) groups is 1. The maximum atomic E-state index is 8.64. The van der Waals surface area contributed by atoms with Crippen molar-refractivity contribution in [3.05, 3.63) is 0 Å². The van der Waals surface area contributed by atoms with Gasteiger partial charge in [-0.1, -0.05) is 0 Å². The minimum Gasteiger partial charge on any atom is -0.396 e. The van der Waals surface area contributed by atoms with E-state index in [9.17, 15) is 0 Å². The van der Waals surface area contributed by atoms with E-state index in [1.54, 1.807) is 0 Å². The first-order chi connectivity index (χ1) is 7.33. The predicted molar refractivity (Wildman–Crippen MR) is 63.8 cm³/mol. The molecule has 0 heterocycles. The number of aliphatic hydroxyl groups is 1. The maximum Gasteiger partial charge on any atom is 0.0628 e. The van der Waals surface area contributed by atoms with Gasteiger partial charge in [0.1, 0.15) is 0 Å². The topological polar surface area (TPSA) is 56.0 Å². The van der Waals surface area contributed by atoms with Gasteiger partial charge in [0.2, 0.25) is 0 Å². The minimum absolute atomic E-state index is 0.297. The molecule has 0 atom stereocenters. The second-order valence-corrected chi connectivity index (χ2v) is 5.43. The summed E-state index contributed by atoms with van der Waals surface area (Å²) in [4.78, 5) is 0. The fourth-order valence-electron chi connectivity index (χ4n) is 1.53. The molecule has 0 spiro atoms. The van der Waals surface area contributed by atoms with Crippen LogP contribution in [0.5, 0.6) is 0 Å². The van der Waals surface area contributed by atoms with E-state index in [0.29, 0.717) is 18.4 Å². The summed E-state index contributed by atoms with van der Waals surface area (Å²) in [5.74, 6) is 2.14. The molecule has 1 fully saturated rings. The van der Waals surface area contributed by atoms with E-state index in [-0.39, 0.29) is 0 Å². The third-order valence-corrected chi connectivity index (χ3v) is 3.85. The Morgan fingerprint density at radius 2 is 2.20 bits per heavy atom. The van der Waals surface area contributed by atoms with Crippen LogP contribution >= 0.6 is 11.8 Å². The number of nitrogens with one attached hydrogen (secondary N) is 1. The molecule has 1 saturated carbocycles. The first-order valence-electron chi connectivity index (χ1n) is 5.59. The van der Waals surface area contributed by atoms with Crippen LogP contribution in [0.2, 0.25) is 0 Å². The summed E-state index contributed by atoms with van der Waals surface area (Å²) in [6, 6.07) is 2.27. The Labute approximate surface area is 96.2 Å². The third-order valence-electron chi connectivity index (χ3n) is 2.78. The molecule has 0 radical (unpaired) electrons. The molecule has 0 unspecified atom stereocenters. The lowest BCUT2D eigenvalue weighted by Gasteiger charge is -2.11. The Balaban J connectivity index is 1.87. The van der Waals surface area contributed by atoms with Crippen molar-refractivity contribution >= 4 is 11.8 Å². The van der Waals surface area contributed by atoms with Crippen LogP contribution in [0, 0.1) is 16.7 Å². The molecule has 0 amide bonds. The standard InChI is InChI=1S/C11H20N2OS/c12-5-4-11(2-3-11)10-13-6-9-15-8-1-7-14/h13-14H,1-4,6-10H2. The van der Waals surface area contributed by atoms with E-state index >= 15 is 0 Å². The Bertz CT molecular complexity index is 211. The van der Waals surface area contributed by atoms with Gasteiger partial charge in [-0.05, 0) is 30.4 Å². The maximum absolute atomic E-state index is 8.64. The summed E-state index contributed by atoms with van der Waals surface area (Å²) < 4.78 is 0. The number of nitriles is 1. The Morgan fingerprint density at radius 3 is 2.80 bits per heavy atom. The number of aliphatic hydroxyl groups excluding tert-OH is 1. The first-order valence-corrected chi connectivity index (χ1v) is 6.75. The van der Waals surface area contributed by atoms with Crippen LogP contribution in [0.25, 0.3) is 0 Å². The van der Waals surface area contributed by atoms with Gasteiger partial charge < -0.3 is 10.4 Å². The molecule has 2 N–H and O–H groups in total. The summed E-state index contributed by atoms with van der Waals surface area (Å²) in [6.07, 6.45) is 4.02. The molecular weight excluding hydrogens is 208 g/mol. The van der Waals surface area contributed by atoms with Gasteiger partial charge in [0.25, 0.3) is 0 Å². The van der Waals surface area contributed by atoms with Crippen LogP contribution in [-0.2, 0) is 0 Å². The molecule has 0 aliphatic heterocycles. The van der Waals surface area contributed by atoms with Crippen molar-refractivity contribution in [2.45, 2.75) is 25.7 Å². The first kappa shape index (κ1) is 12.8. The lowest BCUT2D eigenvalue weighted by atomic mass is 10.0. The summed E-state index contributed by atoms with van der Waals surface area (Å²) in [6.45, 7) is 2.32. The Hall–Kier alpha value is -0.240. The molecule has 1 aliphatic carbocycles. The number of rotatable bonds is 9. The lowest BCUT2D eigenvalue weighted by Crippen LogP contribution is -2.25. The molecule has 86 valence electrons. The predicted octanol–water partition coefficient (Wildman–Crippen LogP) is 1.39. The van der Waals surface area contributed by atoms with E-state index in [1.165, 1.54) is 12.8 Å². The largest absolute Gasteiger partial charge is 0.396 e. The third kappa shape index (κ3) is 5.41. The van der Waals surface area contributed by atoms with Crippen LogP contribution in [0.15, 0.2) is 0 Å². The van der Waals surface area contributed by atoms with Crippen molar-refractivity contribution in [1.29, 1.82) is 5.26 Å². The highest BCUT2D eigenvalue weighted by Gasteiger charge is 2.41. The van der Waals surface area contributed by atoms with Gasteiger partial charge in [-0.25, -0.2) is 0 Å². The Morgan fingerprint density at radius 1 is 1.40 bits per heavy atom. The van der Waals surface area contributed by atoms with Crippen LogP contribution in [0.1, 0.15) is 25.7 Å². The molecule has 0 saturated heterocycles. The SMILES string of the molecule is N#CCC1(CNCCSCCCO)CC1. The lowest BCUT2D eigenvalue weighted by molar-refractivity contribution is 0.296. The van der Waals surface area contributed by atoms with Crippen molar-refractivity contribution in [2.75, 3.05) is 31.2 Å². The second-order valence-electron chi connectivity index (χ2n) is 4.20. The quantitative estimate of drug-likeness (QED) is 0.586. The monoisotopic (exact) mass is 228 g/mol. The zero-order valence-electron chi connectivity index (χ0n) is 9.17. The number of hydrogen-bond donors (Lipinski definition) is 2.